The Hall–Kier alpha value is -1.98. The highest BCUT2D eigenvalue weighted by molar-refractivity contribution is 7.97. The van der Waals surface area contributed by atoms with Crippen molar-refractivity contribution >= 4 is 34.4 Å². The van der Waals surface area contributed by atoms with Gasteiger partial charge in [0.25, 0.3) is 0 Å². The molecule has 2 aromatic heterocycles. The highest BCUT2D eigenvalue weighted by Crippen LogP contribution is 2.27. The van der Waals surface area contributed by atoms with Crippen molar-refractivity contribution in [2.24, 2.45) is 0 Å². The molecule has 3 heterocycles. The van der Waals surface area contributed by atoms with Crippen LogP contribution in [0.3, 0.4) is 0 Å². The van der Waals surface area contributed by atoms with Gasteiger partial charge in [0.05, 0.1) is 0 Å². The lowest BCUT2D eigenvalue weighted by Gasteiger charge is -2.13. The van der Waals surface area contributed by atoms with Gasteiger partial charge in [0.1, 0.15) is 5.82 Å². The molecule has 2 N–H and O–H groups in total. The van der Waals surface area contributed by atoms with Gasteiger partial charge in [0, 0.05) is 41.6 Å². The molecule has 1 aromatic carbocycles. The zero-order valence-electron chi connectivity index (χ0n) is 12.2. The molecular formula is C17H18N4S. The van der Waals surface area contributed by atoms with E-state index in [0.29, 0.717) is 0 Å². The average molecular weight is 310 g/mol. The highest BCUT2D eigenvalue weighted by Gasteiger charge is 2.12. The van der Waals surface area contributed by atoms with E-state index in [9.17, 15) is 0 Å². The van der Waals surface area contributed by atoms with Crippen LogP contribution in [0.15, 0.2) is 53.7 Å². The lowest BCUT2D eigenvalue weighted by molar-refractivity contribution is 0.586. The standard InChI is InChI=1S/C17H18N4S/c1-2-10-21(9-1)22-15-5-6-17(19-12-15)20-14-4-3-13-7-8-18-16(13)11-14/h3-8,11-12,18H,1-2,9-10H2,(H,19,20). The number of aromatic nitrogens is 2. The molecule has 0 radical (unpaired) electrons. The first kappa shape index (κ1) is 13.7. The van der Waals surface area contributed by atoms with Crippen molar-refractivity contribution < 1.29 is 0 Å². The molecule has 4 rings (SSSR count). The van der Waals surface area contributed by atoms with Gasteiger partial charge in [-0.25, -0.2) is 9.29 Å². The molecule has 0 saturated carbocycles. The monoisotopic (exact) mass is 310 g/mol. The van der Waals surface area contributed by atoms with Crippen LogP contribution in [0, 0.1) is 0 Å². The van der Waals surface area contributed by atoms with E-state index < -0.39 is 0 Å². The number of aromatic amines is 1. The number of hydrogen-bond acceptors (Lipinski definition) is 4. The smallest absolute Gasteiger partial charge is 0.130 e. The third-order valence-electron chi connectivity index (χ3n) is 3.86. The van der Waals surface area contributed by atoms with Crippen LogP contribution >= 0.6 is 11.9 Å². The van der Waals surface area contributed by atoms with Crippen LogP contribution < -0.4 is 5.32 Å². The summed E-state index contributed by atoms with van der Waals surface area (Å²) in [7, 11) is 0. The highest BCUT2D eigenvalue weighted by atomic mass is 32.2. The number of benzene rings is 1. The molecule has 0 bridgehead atoms. The molecule has 1 aliphatic rings. The molecule has 1 aliphatic heterocycles. The number of anilines is 2. The van der Waals surface area contributed by atoms with Crippen LogP contribution in [-0.4, -0.2) is 27.4 Å². The predicted octanol–water partition coefficient (Wildman–Crippen LogP) is 4.41. The third kappa shape index (κ3) is 2.96. The van der Waals surface area contributed by atoms with Gasteiger partial charge in [-0.05, 0) is 60.5 Å². The average Bonchev–Trinajstić information content (AvgIpc) is 3.20. The lowest BCUT2D eigenvalue weighted by atomic mass is 10.2. The molecule has 0 spiro atoms. The van der Waals surface area contributed by atoms with E-state index in [1.807, 2.05) is 30.4 Å². The third-order valence-corrected chi connectivity index (χ3v) is 4.94. The SMILES string of the molecule is c1cc2ccc(Nc3ccc(SN4CCCC4)cn3)cc2[nH]1. The van der Waals surface area contributed by atoms with E-state index in [0.717, 1.165) is 17.0 Å². The second kappa shape index (κ2) is 6.02. The molecule has 0 atom stereocenters. The minimum absolute atomic E-state index is 0.872. The summed E-state index contributed by atoms with van der Waals surface area (Å²) in [5.41, 5.74) is 2.17. The Labute approximate surface area is 134 Å². The zero-order chi connectivity index (χ0) is 14.8. The van der Waals surface area contributed by atoms with Crippen LogP contribution in [0.25, 0.3) is 10.9 Å². The first-order valence-electron chi connectivity index (χ1n) is 7.60. The minimum atomic E-state index is 0.872. The van der Waals surface area contributed by atoms with Crippen molar-refractivity contribution in [2.45, 2.75) is 17.7 Å². The van der Waals surface area contributed by atoms with Gasteiger partial charge in [0.2, 0.25) is 0 Å². The van der Waals surface area contributed by atoms with Crippen molar-refractivity contribution in [3.63, 3.8) is 0 Å². The molecule has 0 aliphatic carbocycles. The molecule has 1 fully saturated rings. The van der Waals surface area contributed by atoms with Gasteiger partial charge < -0.3 is 10.3 Å². The van der Waals surface area contributed by atoms with E-state index in [4.69, 9.17) is 0 Å². The maximum Gasteiger partial charge on any atom is 0.130 e. The quantitative estimate of drug-likeness (QED) is 0.701. The van der Waals surface area contributed by atoms with E-state index in [1.54, 1.807) is 0 Å². The summed E-state index contributed by atoms with van der Waals surface area (Å²) in [6.45, 7) is 2.36. The van der Waals surface area contributed by atoms with Gasteiger partial charge in [-0.1, -0.05) is 6.07 Å². The molecular weight excluding hydrogens is 292 g/mol. The van der Waals surface area contributed by atoms with Gasteiger partial charge in [-0.15, -0.1) is 0 Å². The Morgan fingerprint density at radius 2 is 2.00 bits per heavy atom. The lowest BCUT2D eigenvalue weighted by Crippen LogP contribution is -2.08. The normalized spacial score (nSPS) is 15.5. The first-order valence-corrected chi connectivity index (χ1v) is 8.37. The first-order chi connectivity index (χ1) is 10.9. The molecule has 1 saturated heterocycles. The summed E-state index contributed by atoms with van der Waals surface area (Å²) in [6.07, 6.45) is 6.51. The number of pyridine rings is 1. The number of fused-ring (bicyclic) bond motifs is 1. The molecule has 0 amide bonds. The summed E-state index contributed by atoms with van der Waals surface area (Å²) in [4.78, 5) is 8.94. The fraction of sp³-hybridized carbons (Fsp3) is 0.235. The summed E-state index contributed by atoms with van der Waals surface area (Å²) >= 11 is 1.81. The zero-order valence-corrected chi connectivity index (χ0v) is 13.1. The molecule has 0 unspecified atom stereocenters. The van der Waals surface area contributed by atoms with Gasteiger partial charge in [-0.3, -0.25) is 0 Å². The van der Waals surface area contributed by atoms with Crippen LogP contribution in [0.1, 0.15) is 12.8 Å². The summed E-state index contributed by atoms with van der Waals surface area (Å²) < 4.78 is 2.41. The molecule has 5 heteroatoms. The molecule has 22 heavy (non-hydrogen) atoms. The topological polar surface area (TPSA) is 44.0 Å². The van der Waals surface area contributed by atoms with Crippen molar-refractivity contribution in [1.82, 2.24) is 14.3 Å². The fourth-order valence-electron chi connectivity index (χ4n) is 2.71. The molecule has 3 aromatic rings. The Balaban J connectivity index is 1.45. The second-order valence-corrected chi connectivity index (χ2v) is 6.68. The van der Waals surface area contributed by atoms with E-state index in [2.05, 4.69) is 49.9 Å². The van der Waals surface area contributed by atoms with Crippen LogP contribution in [0.2, 0.25) is 0 Å². The number of nitrogens with one attached hydrogen (secondary N) is 2. The number of rotatable bonds is 4. The van der Waals surface area contributed by atoms with Crippen LogP contribution in [-0.2, 0) is 0 Å². The Kier molecular flexibility index (Phi) is 3.74. The molecule has 4 nitrogen and oxygen atoms in total. The summed E-state index contributed by atoms with van der Waals surface area (Å²) in [6, 6.07) is 12.5. The van der Waals surface area contributed by atoms with Crippen molar-refractivity contribution in [1.29, 1.82) is 0 Å². The number of hydrogen-bond donors (Lipinski definition) is 2. The summed E-state index contributed by atoms with van der Waals surface area (Å²) in [5.74, 6) is 0.872. The largest absolute Gasteiger partial charge is 0.361 e. The predicted molar refractivity (Wildman–Crippen MR) is 92.5 cm³/mol. The fourth-order valence-corrected chi connectivity index (χ4v) is 3.68. The van der Waals surface area contributed by atoms with Gasteiger partial charge in [0.15, 0.2) is 0 Å². The van der Waals surface area contributed by atoms with Crippen molar-refractivity contribution in [3.8, 4) is 0 Å². The second-order valence-electron chi connectivity index (χ2n) is 5.51. The van der Waals surface area contributed by atoms with E-state index in [-0.39, 0.29) is 0 Å². The van der Waals surface area contributed by atoms with E-state index in [1.165, 1.54) is 36.2 Å². The van der Waals surface area contributed by atoms with Crippen molar-refractivity contribution in [2.75, 3.05) is 18.4 Å². The Bertz CT molecular complexity index is 760. The number of H-pyrrole nitrogens is 1. The van der Waals surface area contributed by atoms with Gasteiger partial charge >= 0.3 is 0 Å². The van der Waals surface area contributed by atoms with E-state index >= 15 is 0 Å². The van der Waals surface area contributed by atoms with Gasteiger partial charge in [-0.2, -0.15) is 0 Å². The van der Waals surface area contributed by atoms with Crippen LogP contribution in [0.4, 0.5) is 11.5 Å². The minimum Gasteiger partial charge on any atom is -0.361 e. The van der Waals surface area contributed by atoms with Crippen molar-refractivity contribution in [3.05, 3.63) is 48.8 Å². The summed E-state index contributed by atoms with van der Waals surface area (Å²) in [5, 5.41) is 4.57. The Morgan fingerprint density at radius 3 is 2.82 bits per heavy atom. The maximum absolute atomic E-state index is 4.51. The molecule has 112 valence electrons. The van der Waals surface area contributed by atoms with Crippen LogP contribution in [0.5, 0.6) is 0 Å². The Morgan fingerprint density at radius 1 is 1.09 bits per heavy atom. The maximum atomic E-state index is 4.51. The number of nitrogens with zero attached hydrogens (tertiary/aromatic N) is 2.